The third-order valence-electron chi connectivity index (χ3n) is 3.23. The quantitative estimate of drug-likeness (QED) is 0.555. The first-order valence-electron chi connectivity index (χ1n) is 7.52. The zero-order valence-corrected chi connectivity index (χ0v) is 14.7. The lowest BCUT2D eigenvalue weighted by Gasteiger charge is -2.25. The second kappa shape index (κ2) is 9.07. The molecular formula is C15H24N2O3S2. The van der Waals surface area contributed by atoms with Crippen molar-refractivity contribution in [3.63, 3.8) is 0 Å². The molecule has 1 aromatic carbocycles. The van der Waals surface area contributed by atoms with Gasteiger partial charge in [-0.3, -0.25) is 4.55 Å². The van der Waals surface area contributed by atoms with Crippen LogP contribution in [0.2, 0.25) is 0 Å². The number of nitrogens with one attached hydrogen (secondary N) is 1. The van der Waals surface area contributed by atoms with E-state index in [4.69, 9.17) is 16.8 Å². The Morgan fingerprint density at radius 2 is 1.82 bits per heavy atom. The molecule has 0 spiro atoms. The Bertz CT molecular complexity index is 580. The first-order valence-corrected chi connectivity index (χ1v) is 9.36. The minimum atomic E-state index is -4.21. The van der Waals surface area contributed by atoms with Crippen LogP contribution in [-0.2, 0) is 10.1 Å². The molecule has 0 aliphatic heterocycles. The topological polar surface area (TPSA) is 69.6 Å². The number of hydrogen-bond acceptors (Lipinski definition) is 3. The van der Waals surface area contributed by atoms with Crippen LogP contribution in [0.3, 0.4) is 0 Å². The van der Waals surface area contributed by atoms with E-state index in [1.54, 1.807) is 12.1 Å². The van der Waals surface area contributed by atoms with Gasteiger partial charge >= 0.3 is 0 Å². The van der Waals surface area contributed by atoms with Crippen LogP contribution in [0.1, 0.15) is 39.5 Å². The van der Waals surface area contributed by atoms with Gasteiger partial charge in [-0.25, -0.2) is 0 Å². The first-order chi connectivity index (χ1) is 10.4. The maximum absolute atomic E-state index is 11.2. The van der Waals surface area contributed by atoms with Gasteiger partial charge in [-0.05, 0) is 43.3 Å². The number of anilines is 1. The van der Waals surface area contributed by atoms with Crippen molar-refractivity contribution in [1.29, 1.82) is 0 Å². The van der Waals surface area contributed by atoms with Crippen molar-refractivity contribution in [1.82, 2.24) is 4.90 Å². The highest BCUT2D eigenvalue weighted by molar-refractivity contribution is 7.85. The molecule has 0 saturated carbocycles. The Morgan fingerprint density at radius 1 is 1.23 bits per heavy atom. The summed E-state index contributed by atoms with van der Waals surface area (Å²) in [7, 11) is -4.21. The number of benzene rings is 1. The van der Waals surface area contributed by atoms with Gasteiger partial charge in [0.15, 0.2) is 5.11 Å². The van der Waals surface area contributed by atoms with Crippen molar-refractivity contribution in [2.24, 2.45) is 0 Å². The molecule has 0 amide bonds. The maximum Gasteiger partial charge on any atom is 0.294 e. The molecule has 0 aliphatic rings. The van der Waals surface area contributed by atoms with E-state index in [9.17, 15) is 8.42 Å². The standard InChI is InChI=1S/C15H24N2O3S2/c1-3-5-10-17(11-6-4-2)15(21)16-13-8-7-9-14(12-13)22(18,19)20/h7-9,12H,3-6,10-11H2,1-2H3,(H,16,21)(H,18,19,20). The molecule has 0 aromatic heterocycles. The molecule has 7 heteroatoms. The molecule has 2 N–H and O–H groups in total. The number of unbranched alkanes of at least 4 members (excludes halogenated alkanes) is 2. The summed E-state index contributed by atoms with van der Waals surface area (Å²) in [5.41, 5.74) is 0.554. The van der Waals surface area contributed by atoms with Crippen LogP contribution in [0.25, 0.3) is 0 Å². The molecule has 124 valence electrons. The van der Waals surface area contributed by atoms with Crippen molar-refractivity contribution in [3.05, 3.63) is 24.3 Å². The highest BCUT2D eigenvalue weighted by atomic mass is 32.2. The minimum absolute atomic E-state index is 0.144. The van der Waals surface area contributed by atoms with Gasteiger partial charge in [0, 0.05) is 18.8 Å². The molecule has 0 heterocycles. The third-order valence-corrected chi connectivity index (χ3v) is 4.44. The second-order valence-electron chi connectivity index (χ2n) is 5.13. The predicted molar refractivity (Wildman–Crippen MR) is 93.9 cm³/mol. The van der Waals surface area contributed by atoms with E-state index in [2.05, 4.69) is 24.1 Å². The van der Waals surface area contributed by atoms with E-state index in [0.717, 1.165) is 38.8 Å². The summed E-state index contributed by atoms with van der Waals surface area (Å²) >= 11 is 5.42. The molecule has 5 nitrogen and oxygen atoms in total. The predicted octanol–water partition coefficient (Wildman–Crippen LogP) is 3.53. The molecule has 0 atom stereocenters. The fraction of sp³-hybridized carbons (Fsp3) is 0.533. The Hall–Kier alpha value is -1.18. The van der Waals surface area contributed by atoms with Crippen molar-refractivity contribution in [2.75, 3.05) is 18.4 Å². The summed E-state index contributed by atoms with van der Waals surface area (Å²) in [6, 6.07) is 6.00. The summed E-state index contributed by atoms with van der Waals surface area (Å²) in [4.78, 5) is 1.96. The fourth-order valence-electron chi connectivity index (χ4n) is 1.95. The zero-order valence-electron chi connectivity index (χ0n) is 13.1. The molecule has 1 aromatic rings. The lowest BCUT2D eigenvalue weighted by atomic mass is 10.2. The lowest BCUT2D eigenvalue weighted by Crippen LogP contribution is -2.36. The number of nitrogens with zero attached hydrogens (tertiary/aromatic N) is 1. The van der Waals surface area contributed by atoms with Gasteiger partial charge in [-0.1, -0.05) is 32.8 Å². The van der Waals surface area contributed by atoms with Crippen molar-refractivity contribution < 1.29 is 13.0 Å². The summed E-state index contributed by atoms with van der Waals surface area (Å²) < 4.78 is 31.4. The SMILES string of the molecule is CCCCN(CCCC)C(=S)Nc1cccc(S(=O)(=O)O)c1. The van der Waals surface area contributed by atoms with Crippen LogP contribution in [-0.4, -0.2) is 36.1 Å². The monoisotopic (exact) mass is 344 g/mol. The van der Waals surface area contributed by atoms with Gasteiger partial charge in [-0.15, -0.1) is 0 Å². The molecule has 0 fully saturated rings. The van der Waals surface area contributed by atoms with Gasteiger partial charge in [0.2, 0.25) is 0 Å². The van der Waals surface area contributed by atoms with E-state index in [1.807, 2.05) is 0 Å². The van der Waals surface area contributed by atoms with E-state index in [0.29, 0.717) is 10.8 Å². The van der Waals surface area contributed by atoms with E-state index < -0.39 is 10.1 Å². The van der Waals surface area contributed by atoms with E-state index in [-0.39, 0.29) is 4.90 Å². The van der Waals surface area contributed by atoms with Gasteiger partial charge < -0.3 is 10.2 Å². The first kappa shape index (κ1) is 18.9. The largest absolute Gasteiger partial charge is 0.349 e. The van der Waals surface area contributed by atoms with Crippen molar-refractivity contribution >= 4 is 33.1 Å². The van der Waals surface area contributed by atoms with Crippen LogP contribution in [0.4, 0.5) is 5.69 Å². The Morgan fingerprint density at radius 3 is 2.32 bits per heavy atom. The average Bonchev–Trinajstić information content (AvgIpc) is 2.46. The summed E-state index contributed by atoms with van der Waals surface area (Å²) in [5.74, 6) is 0. The Balaban J connectivity index is 2.79. The lowest BCUT2D eigenvalue weighted by molar-refractivity contribution is 0.403. The van der Waals surface area contributed by atoms with E-state index >= 15 is 0 Å². The average molecular weight is 345 g/mol. The molecule has 22 heavy (non-hydrogen) atoms. The summed E-state index contributed by atoms with van der Waals surface area (Å²) in [6.07, 6.45) is 4.28. The van der Waals surface area contributed by atoms with Crippen molar-refractivity contribution in [3.8, 4) is 0 Å². The Labute approximate surface area is 138 Å². The number of hydrogen-bond donors (Lipinski definition) is 2. The molecular weight excluding hydrogens is 320 g/mol. The minimum Gasteiger partial charge on any atom is -0.349 e. The third kappa shape index (κ3) is 6.29. The van der Waals surface area contributed by atoms with Gasteiger partial charge in [0.1, 0.15) is 0 Å². The molecule has 0 saturated heterocycles. The number of thiocarbonyl (C=S) groups is 1. The summed E-state index contributed by atoms with van der Waals surface area (Å²) in [5, 5.41) is 3.63. The van der Waals surface area contributed by atoms with Gasteiger partial charge in [0.25, 0.3) is 10.1 Å². The highest BCUT2D eigenvalue weighted by Gasteiger charge is 2.12. The van der Waals surface area contributed by atoms with Gasteiger partial charge in [-0.2, -0.15) is 8.42 Å². The van der Waals surface area contributed by atoms with Crippen LogP contribution in [0, 0.1) is 0 Å². The zero-order chi connectivity index (χ0) is 16.6. The smallest absolute Gasteiger partial charge is 0.294 e. The Kier molecular flexibility index (Phi) is 7.78. The van der Waals surface area contributed by atoms with Crippen molar-refractivity contribution in [2.45, 2.75) is 44.4 Å². The molecule has 0 radical (unpaired) electrons. The van der Waals surface area contributed by atoms with Gasteiger partial charge in [0.05, 0.1) is 4.90 Å². The van der Waals surface area contributed by atoms with E-state index in [1.165, 1.54) is 12.1 Å². The molecule has 1 rings (SSSR count). The molecule has 0 aliphatic carbocycles. The summed E-state index contributed by atoms with van der Waals surface area (Å²) in [6.45, 7) is 6.01. The number of rotatable bonds is 8. The fourth-order valence-corrected chi connectivity index (χ4v) is 2.78. The van der Waals surface area contributed by atoms with Crippen LogP contribution >= 0.6 is 12.2 Å². The maximum atomic E-state index is 11.2. The normalized spacial score (nSPS) is 11.2. The highest BCUT2D eigenvalue weighted by Crippen LogP contribution is 2.16. The van der Waals surface area contributed by atoms with Crippen LogP contribution < -0.4 is 5.32 Å². The molecule has 0 bridgehead atoms. The van der Waals surface area contributed by atoms with Crippen LogP contribution in [0.5, 0.6) is 0 Å². The molecule has 0 unspecified atom stereocenters. The second-order valence-corrected chi connectivity index (χ2v) is 6.94. The van der Waals surface area contributed by atoms with Crippen LogP contribution in [0.15, 0.2) is 29.2 Å².